The molecule has 2 aliphatic carbocycles. The third-order valence-electron chi connectivity index (χ3n) is 17.5. The Morgan fingerprint density at radius 3 is 1.73 bits per heavy atom. The Balaban J connectivity index is 0.953. The minimum atomic E-state index is -1.00. The van der Waals surface area contributed by atoms with Crippen molar-refractivity contribution >= 4 is 58.6 Å². The second-order valence-electron chi connectivity index (χ2n) is 25.5. The minimum Gasteiger partial charge on any atom is -0.347 e. The third-order valence-corrected chi connectivity index (χ3v) is 17.5. The highest BCUT2D eigenvalue weighted by Gasteiger charge is 2.47. The Morgan fingerprint density at radius 1 is 0.635 bits per heavy atom. The van der Waals surface area contributed by atoms with Gasteiger partial charge in [-0.05, 0) is 142 Å². The first-order chi connectivity index (χ1) is 40.4. The van der Waals surface area contributed by atoms with E-state index in [2.05, 4.69) is 64.7 Å². The van der Waals surface area contributed by atoms with Gasteiger partial charge in [-0.15, -0.1) is 0 Å². The van der Waals surface area contributed by atoms with Crippen LogP contribution in [0.1, 0.15) is 159 Å². The summed E-state index contributed by atoms with van der Waals surface area (Å²) in [6.07, 6.45) is 8.12. The summed E-state index contributed by atoms with van der Waals surface area (Å²) < 4.78 is 1.45. The Labute approximate surface area is 497 Å². The van der Waals surface area contributed by atoms with Gasteiger partial charge in [0.05, 0.1) is 29.7 Å². The number of amides is 8. The number of likely N-dealkylation sites (tertiary alicyclic amines) is 1. The first-order valence-corrected chi connectivity index (χ1v) is 29.8. The van der Waals surface area contributed by atoms with Crippen molar-refractivity contribution in [3.8, 4) is 0 Å². The van der Waals surface area contributed by atoms with Crippen LogP contribution in [0, 0.1) is 17.8 Å². The number of carbonyl (C=O) groups is 8. The SMILES string of the molecule is CN[C@@H](C)C(=O)N[C@H](C(=O)N1Cc2cc(C(=O)Nc3ncnn4cc(C(=O)N[C@H]5C[C@@H](C(=O)N[C@@H]6CCCc7ccccc76)N(C(=O)[C@@H](NC(=O)[C@H](C)NC)C(C)(C)C)C5)c(C)c34)ccc2C[C@H]1C(=O)N[C@@H]1CCCc2ccccc21)C(C)(C)C. The number of likely N-dealkylation sites (N-methyl/N-ethyl adjacent to an activating group) is 2. The molecule has 452 valence electrons. The van der Waals surface area contributed by atoms with E-state index in [9.17, 15) is 33.6 Å². The van der Waals surface area contributed by atoms with Gasteiger partial charge in [-0.1, -0.05) is 96.1 Å². The summed E-state index contributed by atoms with van der Waals surface area (Å²) in [5.74, 6) is -3.20. The lowest BCUT2D eigenvalue weighted by molar-refractivity contribution is -0.147. The molecule has 0 unspecified atom stereocenters. The number of nitrogens with zero attached hydrogens (tertiary/aromatic N) is 5. The normalized spacial score (nSPS) is 20.8. The molecule has 21 heteroatoms. The molecule has 1 fully saturated rings. The molecule has 8 amide bonds. The summed E-state index contributed by atoms with van der Waals surface area (Å²) in [4.78, 5) is 122. The van der Waals surface area contributed by atoms with Gasteiger partial charge in [-0.3, -0.25) is 38.4 Å². The van der Waals surface area contributed by atoms with Gasteiger partial charge in [-0.2, -0.15) is 5.10 Å². The van der Waals surface area contributed by atoms with Crippen molar-refractivity contribution < 1.29 is 38.4 Å². The van der Waals surface area contributed by atoms with E-state index in [0.29, 0.717) is 16.6 Å². The van der Waals surface area contributed by atoms with Gasteiger partial charge in [0, 0.05) is 37.3 Å². The van der Waals surface area contributed by atoms with Crippen LogP contribution in [0.4, 0.5) is 5.82 Å². The largest absolute Gasteiger partial charge is 0.347 e. The second-order valence-corrected chi connectivity index (χ2v) is 25.5. The average molecular weight is 1160 g/mol. The zero-order chi connectivity index (χ0) is 61.2. The van der Waals surface area contributed by atoms with Crippen LogP contribution in [0.2, 0.25) is 0 Å². The number of nitrogens with one attached hydrogen (secondary N) is 8. The van der Waals surface area contributed by atoms with Crippen LogP contribution in [0.25, 0.3) is 5.52 Å². The number of anilines is 1. The van der Waals surface area contributed by atoms with Crippen LogP contribution in [-0.2, 0) is 54.6 Å². The van der Waals surface area contributed by atoms with Crippen molar-refractivity contribution in [2.45, 2.75) is 175 Å². The maximum atomic E-state index is 15.0. The Kier molecular flexibility index (Phi) is 18.3. The average Bonchev–Trinajstić information content (AvgIpc) is 2.80. The van der Waals surface area contributed by atoms with E-state index in [4.69, 9.17) is 0 Å². The van der Waals surface area contributed by atoms with E-state index < -0.39 is 76.8 Å². The molecule has 1 saturated heterocycles. The highest BCUT2D eigenvalue weighted by Crippen LogP contribution is 2.35. The second kappa shape index (κ2) is 25.3. The Hall–Kier alpha value is -8.04. The van der Waals surface area contributed by atoms with Crippen LogP contribution in [0.15, 0.2) is 79.3 Å². The zero-order valence-corrected chi connectivity index (χ0v) is 50.8. The smallest absolute Gasteiger partial charge is 0.256 e. The number of fused-ring (bicyclic) bond motifs is 4. The number of carbonyl (C=O) groups excluding carboxylic acids is 8. The quantitative estimate of drug-likeness (QED) is 0.0656. The fourth-order valence-electron chi connectivity index (χ4n) is 12.3. The predicted molar refractivity (Wildman–Crippen MR) is 322 cm³/mol. The molecule has 9 atom stereocenters. The molecule has 85 heavy (non-hydrogen) atoms. The van der Waals surface area contributed by atoms with Crippen LogP contribution < -0.4 is 42.5 Å². The maximum Gasteiger partial charge on any atom is 0.256 e. The van der Waals surface area contributed by atoms with E-state index in [1.807, 2.05) is 77.9 Å². The van der Waals surface area contributed by atoms with Crippen LogP contribution in [-0.4, -0.2) is 135 Å². The topological polar surface area (TPSA) is 269 Å². The molecule has 4 heterocycles. The summed E-state index contributed by atoms with van der Waals surface area (Å²) >= 11 is 0. The molecule has 4 aliphatic rings. The van der Waals surface area contributed by atoms with Crippen molar-refractivity contribution in [2.75, 3.05) is 26.0 Å². The molecule has 21 nitrogen and oxygen atoms in total. The fourth-order valence-corrected chi connectivity index (χ4v) is 12.3. The van der Waals surface area contributed by atoms with Gasteiger partial charge in [0.15, 0.2) is 5.82 Å². The summed E-state index contributed by atoms with van der Waals surface area (Å²) in [5, 5.41) is 28.7. The van der Waals surface area contributed by atoms with Gasteiger partial charge in [0.2, 0.25) is 35.4 Å². The molecular weight excluding hydrogens is 1080 g/mol. The first-order valence-electron chi connectivity index (χ1n) is 29.8. The number of benzene rings is 3. The number of hydrogen-bond donors (Lipinski definition) is 8. The Morgan fingerprint density at radius 2 is 1.18 bits per heavy atom. The van der Waals surface area contributed by atoms with E-state index in [0.717, 1.165) is 60.8 Å². The molecule has 5 aromatic rings. The Bertz CT molecular complexity index is 3400. The predicted octanol–water partition coefficient (Wildman–Crippen LogP) is 4.91. The van der Waals surface area contributed by atoms with Crippen molar-refractivity contribution in [3.63, 3.8) is 0 Å². The summed E-state index contributed by atoms with van der Waals surface area (Å²) in [6.45, 7) is 16.2. The van der Waals surface area contributed by atoms with E-state index in [1.54, 1.807) is 53.1 Å². The van der Waals surface area contributed by atoms with Crippen LogP contribution in [0.3, 0.4) is 0 Å². The van der Waals surface area contributed by atoms with Gasteiger partial charge in [-0.25, -0.2) is 9.50 Å². The monoisotopic (exact) mass is 1160 g/mol. The van der Waals surface area contributed by atoms with E-state index in [1.165, 1.54) is 32.4 Å². The summed E-state index contributed by atoms with van der Waals surface area (Å²) in [7, 11) is 3.32. The number of hydrogen-bond acceptors (Lipinski definition) is 12. The summed E-state index contributed by atoms with van der Waals surface area (Å²) in [5.41, 5.74) is 5.61. The number of rotatable bonds is 16. The lowest BCUT2D eigenvalue weighted by Crippen LogP contribution is -2.62. The van der Waals surface area contributed by atoms with Crippen molar-refractivity contribution in [1.82, 2.24) is 61.6 Å². The molecule has 3 aromatic carbocycles. The van der Waals surface area contributed by atoms with Crippen LogP contribution >= 0.6 is 0 Å². The van der Waals surface area contributed by atoms with Gasteiger partial charge in [0.25, 0.3) is 11.8 Å². The van der Waals surface area contributed by atoms with Crippen molar-refractivity contribution in [3.05, 3.63) is 129 Å². The molecule has 0 bridgehead atoms. The number of aromatic nitrogens is 3. The summed E-state index contributed by atoms with van der Waals surface area (Å²) in [6, 6.07) is 15.0. The molecule has 9 rings (SSSR count). The van der Waals surface area contributed by atoms with Crippen molar-refractivity contribution in [2.24, 2.45) is 10.8 Å². The first kappa shape index (κ1) is 61.5. The van der Waals surface area contributed by atoms with E-state index in [-0.39, 0.29) is 78.6 Å². The van der Waals surface area contributed by atoms with Gasteiger partial charge in [0.1, 0.15) is 36.0 Å². The lowest BCUT2D eigenvalue weighted by atomic mass is 9.83. The van der Waals surface area contributed by atoms with Gasteiger partial charge < -0.3 is 52.3 Å². The maximum absolute atomic E-state index is 15.0. The molecule has 0 spiro atoms. The molecule has 8 N–H and O–H groups in total. The van der Waals surface area contributed by atoms with E-state index >= 15 is 4.79 Å². The molecule has 0 saturated carbocycles. The molecular formula is C64H83N13O8. The number of aryl methyl sites for hydroxylation is 3. The molecule has 2 aliphatic heterocycles. The third kappa shape index (κ3) is 13.3. The minimum absolute atomic E-state index is 0.0127. The lowest BCUT2D eigenvalue weighted by Gasteiger charge is -2.42. The standard InChI is InChI=1S/C64H83N13O8/c1-35-46(58(81)69-43-30-50(60(83)71-48-25-17-21-39-19-13-15-23-45(39)48)76(32-43)62(85)53(64(7,8)9)73-56(79)37(3)66-11)33-77-51(35)54(67-34-68-77)74-57(80)41-27-26-40-29-49(59(82)70-47-24-16-20-38-18-12-14-22-44(38)47)75(31-42(40)28-41)61(84)52(63(4,5)6)72-55(78)36(2)65-10/h12-15,18-19,22-23,26-28,33-34,36-37,43,47-50,52-53,65-66H,16-17,20-21,24-25,29-32H2,1-11H3,(H,69,81)(H,70,82)(H,71,83)(H,72,78)(H,73,79)(H,67,68,74,80)/t36-,37-,43-,47+,48+,49-,50-,52+,53+/m0/s1. The van der Waals surface area contributed by atoms with Gasteiger partial charge >= 0.3 is 0 Å². The van der Waals surface area contributed by atoms with Crippen molar-refractivity contribution in [1.29, 1.82) is 0 Å². The van der Waals surface area contributed by atoms with Crippen LogP contribution in [0.5, 0.6) is 0 Å². The zero-order valence-electron chi connectivity index (χ0n) is 50.8. The highest BCUT2D eigenvalue weighted by atomic mass is 16.2. The fraction of sp³-hybridized carbons (Fsp3) is 0.500. The highest BCUT2D eigenvalue weighted by molar-refractivity contribution is 6.07. The molecule has 0 radical (unpaired) electrons. The molecule has 2 aromatic heterocycles.